The van der Waals surface area contributed by atoms with Crippen molar-refractivity contribution in [2.75, 3.05) is 6.54 Å². The molecular formula is C16H15BrN2S. The van der Waals surface area contributed by atoms with Crippen molar-refractivity contribution in [3.63, 3.8) is 0 Å². The van der Waals surface area contributed by atoms with E-state index in [1.54, 1.807) is 11.3 Å². The molecule has 0 fully saturated rings. The third kappa shape index (κ3) is 2.64. The quantitative estimate of drug-likeness (QED) is 0.736. The van der Waals surface area contributed by atoms with E-state index in [-0.39, 0.29) is 6.04 Å². The minimum Gasteiger partial charge on any atom is -0.306 e. The van der Waals surface area contributed by atoms with Gasteiger partial charge in [0.2, 0.25) is 0 Å². The first-order chi connectivity index (χ1) is 9.79. The van der Waals surface area contributed by atoms with E-state index in [9.17, 15) is 0 Å². The Morgan fingerprint density at radius 2 is 2.15 bits per heavy atom. The van der Waals surface area contributed by atoms with Crippen LogP contribution in [0.3, 0.4) is 0 Å². The Morgan fingerprint density at radius 3 is 2.90 bits per heavy atom. The zero-order valence-corrected chi connectivity index (χ0v) is 13.5. The van der Waals surface area contributed by atoms with Gasteiger partial charge in [-0.25, -0.2) is 0 Å². The zero-order chi connectivity index (χ0) is 13.9. The topological polar surface area (TPSA) is 24.9 Å². The van der Waals surface area contributed by atoms with Crippen molar-refractivity contribution in [2.24, 2.45) is 0 Å². The minimum absolute atomic E-state index is 0.212. The molecule has 2 aromatic heterocycles. The molecule has 102 valence electrons. The van der Waals surface area contributed by atoms with Crippen molar-refractivity contribution in [3.8, 4) is 0 Å². The second-order valence-corrected chi connectivity index (χ2v) is 7.07. The van der Waals surface area contributed by atoms with E-state index in [0.29, 0.717) is 0 Å². The second-order valence-electron chi connectivity index (χ2n) is 4.58. The minimum atomic E-state index is 0.212. The van der Waals surface area contributed by atoms with Gasteiger partial charge >= 0.3 is 0 Å². The molecule has 0 aliphatic carbocycles. The molecule has 3 aromatic rings. The van der Waals surface area contributed by atoms with Crippen molar-refractivity contribution in [1.29, 1.82) is 0 Å². The Kier molecular flexibility index (Phi) is 4.15. The molecule has 0 radical (unpaired) electrons. The fourth-order valence-electron chi connectivity index (χ4n) is 2.44. The SMILES string of the molecule is CCNC(c1ccc(Br)s1)c1cccc2ccncc12. The summed E-state index contributed by atoms with van der Waals surface area (Å²) in [5.41, 5.74) is 1.28. The van der Waals surface area contributed by atoms with Crippen LogP contribution in [-0.4, -0.2) is 11.5 Å². The molecule has 1 aromatic carbocycles. The monoisotopic (exact) mass is 346 g/mol. The summed E-state index contributed by atoms with van der Waals surface area (Å²) < 4.78 is 1.16. The molecule has 1 unspecified atom stereocenters. The van der Waals surface area contributed by atoms with Crippen LogP contribution in [0.15, 0.2) is 52.6 Å². The van der Waals surface area contributed by atoms with Gasteiger partial charge in [-0.15, -0.1) is 11.3 Å². The van der Waals surface area contributed by atoms with Crippen LogP contribution in [-0.2, 0) is 0 Å². The van der Waals surface area contributed by atoms with Gasteiger partial charge < -0.3 is 5.32 Å². The molecule has 3 rings (SSSR count). The summed E-state index contributed by atoms with van der Waals surface area (Å²) in [6.45, 7) is 3.07. The van der Waals surface area contributed by atoms with E-state index in [4.69, 9.17) is 0 Å². The Bertz CT molecular complexity index is 718. The first-order valence-corrected chi connectivity index (χ1v) is 8.22. The maximum absolute atomic E-state index is 4.28. The normalized spacial score (nSPS) is 12.7. The number of benzene rings is 1. The van der Waals surface area contributed by atoms with Crippen molar-refractivity contribution in [2.45, 2.75) is 13.0 Å². The van der Waals surface area contributed by atoms with Crippen LogP contribution in [0.4, 0.5) is 0 Å². The number of rotatable bonds is 4. The molecule has 4 heteroatoms. The first kappa shape index (κ1) is 13.7. The fraction of sp³-hybridized carbons (Fsp3) is 0.188. The van der Waals surface area contributed by atoms with E-state index in [1.807, 2.05) is 12.4 Å². The summed E-state index contributed by atoms with van der Waals surface area (Å²) in [6.07, 6.45) is 3.80. The maximum Gasteiger partial charge on any atom is 0.0702 e. The molecule has 2 nitrogen and oxygen atoms in total. The van der Waals surface area contributed by atoms with Crippen molar-refractivity contribution in [1.82, 2.24) is 10.3 Å². The summed E-state index contributed by atoms with van der Waals surface area (Å²) in [4.78, 5) is 5.60. The van der Waals surface area contributed by atoms with Gasteiger partial charge in [-0.1, -0.05) is 25.1 Å². The molecule has 0 bridgehead atoms. The molecule has 0 aliphatic rings. The van der Waals surface area contributed by atoms with Crippen LogP contribution in [0.25, 0.3) is 10.8 Å². The van der Waals surface area contributed by atoms with E-state index < -0.39 is 0 Å². The number of thiophene rings is 1. The number of aromatic nitrogens is 1. The third-order valence-corrected chi connectivity index (χ3v) is 5.00. The van der Waals surface area contributed by atoms with Gasteiger partial charge in [0.25, 0.3) is 0 Å². The predicted molar refractivity (Wildman–Crippen MR) is 89.3 cm³/mol. The summed E-state index contributed by atoms with van der Waals surface area (Å²) in [6, 6.07) is 13.0. The van der Waals surface area contributed by atoms with Crippen LogP contribution in [0.2, 0.25) is 0 Å². The van der Waals surface area contributed by atoms with Gasteiger partial charge in [0, 0.05) is 22.7 Å². The lowest BCUT2D eigenvalue weighted by molar-refractivity contribution is 0.643. The molecule has 1 atom stereocenters. The molecule has 0 saturated heterocycles. The number of nitrogens with zero attached hydrogens (tertiary/aromatic N) is 1. The van der Waals surface area contributed by atoms with Crippen LogP contribution >= 0.6 is 27.3 Å². The molecular weight excluding hydrogens is 332 g/mol. The van der Waals surface area contributed by atoms with Crippen molar-refractivity contribution in [3.05, 3.63) is 63.0 Å². The molecule has 20 heavy (non-hydrogen) atoms. The molecule has 0 saturated carbocycles. The molecule has 0 amide bonds. The molecule has 0 aliphatic heterocycles. The lowest BCUT2D eigenvalue weighted by Gasteiger charge is -2.18. The third-order valence-electron chi connectivity index (χ3n) is 3.32. The number of fused-ring (bicyclic) bond motifs is 1. The summed E-state index contributed by atoms with van der Waals surface area (Å²) in [7, 11) is 0. The Morgan fingerprint density at radius 1 is 1.25 bits per heavy atom. The molecule has 1 N–H and O–H groups in total. The van der Waals surface area contributed by atoms with Crippen molar-refractivity contribution < 1.29 is 0 Å². The van der Waals surface area contributed by atoms with Crippen LogP contribution in [0, 0.1) is 0 Å². The summed E-state index contributed by atoms with van der Waals surface area (Å²) in [5, 5.41) is 6.03. The largest absolute Gasteiger partial charge is 0.306 e. The smallest absolute Gasteiger partial charge is 0.0702 e. The fourth-order valence-corrected chi connectivity index (χ4v) is 3.96. The van der Waals surface area contributed by atoms with Gasteiger partial charge in [0.1, 0.15) is 0 Å². The molecule has 2 heterocycles. The van der Waals surface area contributed by atoms with E-state index in [2.05, 4.69) is 69.6 Å². The number of hydrogen-bond donors (Lipinski definition) is 1. The average molecular weight is 347 g/mol. The van der Waals surface area contributed by atoms with Gasteiger partial charge in [-0.05, 0) is 51.6 Å². The first-order valence-electron chi connectivity index (χ1n) is 6.61. The van der Waals surface area contributed by atoms with Crippen molar-refractivity contribution >= 4 is 38.0 Å². The zero-order valence-electron chi connectivity index (χ0n) is 11.1. The lowest BCUT2D eigenvalue weighted by atomic mass is 9.99. The highest BCUT2D eigenvalue weighted by Crippen LogP contribution is 2.34. The van der Waals surface area contributed by atoms with Gasteiger partial charge in [0.15, 0.2) is 0 Å². The number of nitrogens with one attached hydrogen (secondary N) is 1. The number of pyridine rings is 1. The van der Waals surface area contributed by atoms with Gasteiger partial charge in [-0.3, -0.25) is 4.98 Å². The average Bonchev–Trinajstić information content (AvgIpc) is 2.91. The maximum atomic E-state index is 4.28. The van der Waals surface area contributed by atoms with E-state index in [0.717, 1.165) is 10.3 Å². The highest BCUT2D eigenvalue weighted by Gasteiger charge is 2.17. The second kappa shape index (κ2) is 6.04. The van der Waals surface area contributed by atoms with Gasteiger partial charge in [0.05, 0.1) is 9.83 Å². The van der Waals surface area contributed by atoms with E-state index >= 15 is 0 Å². The molecule has 0 spiro atoms. The number of halogens is 1. The van der Waals surface area contributed by atoms with Crippen LogP contribution < -0.4 is 5.32 Å². The summed E-state index contributed by atoms with van der Waals surface area (Å²) in [5.74, 6) is 0. The summed E-state index contributed by atoms with van der Waals surface area (Å²) >= 11 is 5.33. The Labute approximate surface area is 131 Å². The van der Waals surface area contributed by atoms with Crippen LogP contribution in [0.1, 0.15) is 23.4 Å². The standard InChI is InChI=1S/C16H15BrN2S/c1-2-19-16(14-6-7-15(17)20-14)12-5-3-4-11-8-9-18-10-13(11)12/h3-10,16,19H,2H2,1H3. The number of hydrogen-bond acceptors (Lipinski definition) is 3. The lowest BCUT2D eigenvalue weighted by Crippen LogP contribution is -2.21. The van der Waals surface area contributed by atoms with E-state index in [1.165, 1.54) is 21.2 Å². The predicted octanol–water partition coefficient (Wildman–Crippen LogP) is 4.76. The Hall–Kier alpha value is -1.23. The van der Waals surface area contributed by atoms with Gasteiger partial charge in [-0.2, -0.15) is 0 Å². The highest BCUT2D eigenvalue weighted by molar-refractivity contribution is 9.11. The highest BCUT2D eigenvalue weighted by atomic mass is 79.9. The Balaban J connectivity index is 2.14. The van der Waals surface area contributed by atoms with Crippen LogP contribution in [0.5, 0.6) is 0 Å².